The standard InChI is InChI=1S/C24H43NO4.H2/c1-4-23(26)21-11-13-22(14-12-21)25-24(27)6-5-15-28-16-19-7-9-20(10-8-19)17-29-18(2)3;/h18-22H,4-17H2,1-3H3,(H,25,27);1H. The maximum atomic E-state index is 12.1. The molecule has 0 saturated heterocycles. The smallest absolute Gasteiger partial charge is 0.220 e. The summed E-state index contributed by atoms with van der Waals surface area (Å²) in [5.41, 5.74) is 0. The quantitative estimate of drug-likeness (QED) is 0.463. The van der Waals surface area contributed by atoms with Gasteiger partial charge < -0.3 is 14.8 Å². The van der Waals surface area contributed by atoms with Gasteiger partial charge in [0.25, 0.3) is 0 Å². The van der Waals surface area contributed by atoms with Crippen molar-refractivity contribution in [3.05, 3.63) is 0 Å². The van der Waals surface area contributed by atoms with E-state index in [-0.39, 0.29) is 19.3 Å². The average molecular weight is 412 g/mol. The molecule has 0 unspecified atom stereocenters. The molecule has 1 N–H and O–H groups in total. The van der Waals surface area contributed by atoms with Crippen LogP contribution in [0.4, 0.5) is 0 Å². The highest BCUT2D eigenvalue weighted by molar-refractivity contribution is 5.80. The molecule has 0 aromatic rings. The fourth-order valence-corrected chi connectivity index (χ4v) is 4.63. The first-order chi connectivity index (χ1) is 14.0. The minimum atomic E-state index is 0. The van der Waals surface area contributed by atoms with Crippen molar-refractivity contribution in [2.45, 2.75) is 104 Å². The van der Waals surface area contributed by atoms with Gasteiger partial charge in [0.05, 0.1) is 6.10 Å². The van der Waals surface area contributed by atoms with Crippen LogP contribution < -0.4 is 5.32 Å². The Morgan fingerprint density at radius 1 is 0.966 bits per heavy atom. The molecule has 5 heteroatoms. The molecule has 0 spiro atoms. The van der Waals surface area contributed by atoms with Crippen LogP contribution in [0.1, 0.15) is 92.8 Å². The summed E-state index contributed by atoms with van der Waals surface area (Å²) in [5.74, 6) is 2.11. The zero-order chi connectivity index (χ0) is 21.1. The van der Waals surface area contributed by atoms with Gasteiger partial charge in [-0.2, -0.15) is 0 Å². The molecule has 0 bridgehead atoms. The van der Waals surface area contributed by atoms with Crippen molar-refractivity contribution >= 4 is 11.7 Å². The highest BCUT2D eigenvalue weighted by atomic mass is 16.5. The van der Waals surface area contributed by atoms with E-state index in [1.807, 2.05) is 6.92 Å². The monoisotopic (exact) mass is 411 g/mol. The van der Waals surface area contributed by atoms with Crippen molar-refractivity contribution in [2.75, 3.05) is 19.8 Å². The molecule has 0 heterocycles. The summed E-state index contributed by atoms with van der Waals surface area (Å²) in [4.78, 5) is 23.9. The number of carbonyl (C=O) groups is 2. The molecular formula is C24H45NO4. The van der Waals surface area contributed by atoms with E-state index in [1.54, 1.807) is 0 Å². The lowest BCUT2D eigenvalue weighted by Gasteiger charge is -2.29. The van der Waals surface area contributed by atoms with Crippen LogP contribution in [0.3, 0.4) is 0 Å². The van der Waals surface area contributed by atoms with Crippen molar-refractivity contribution in [1.29, 1.82) is 0 Å². The molecule has 2 saturated carbocycles. The molecule has 0 aromatic heterocycles. The summed E-state index contributed by atoms with van der Waals surface area (Å²) in [7, 11) is 0. The van der Waals surface area contributed by atoms with E-state index in [2.05, 4.69) is 19.2 Å². The Kier molecular flexibility index (Phi) is 11.2. The molecule has 0 radical (unpaired) electrons. The molecule has 0 aromatic carbocycles. The first-order valence-electron chi connectivity index (χ1n) is 12.0. The summed E-state index contributed by atoms with van der Waals surface area (Å²) in [6, 6.07) is 0.249. The summed E-state index contributed by atoms with van der Waals surface area (Å²) in [5, 5.41) is 3.14. The zero-order valence-electron chi connectivity index (χ0n) is 18.9. The Bertz CT molecular complexity index is 484. The van der Waals surface area contributed by atoms with Crippen molar-refractivity contribution < 1.29 is 20.5 Å². The minimum absolute atomic E-state index is 0. The first kappa shape index (κ1) is 24.3. The lowest BCUT2D eigenvalue weighted by Crippen LogP contribution is -2.38. The van der Waals surface area contributed by atoms with Gasteiger partial charge in [-0.05, 0) is 83.5 Å². The third-order valence-corrected chi connectivity index (χ3v) is 6.57. The topological polar surface area (TPSA) is 64.6 Å². The molecule has 0 aliphatic heterocycles. The van der Waals surface area contributed by atoms with Crippen LogP contribution in [0.5, 0.6) is 0 Å². The van der Waals surface area contributed by atoms with E-state index in [4.69, 9.17) is 9.47 Å². The van der Waals surface area contributed by atoms with Gasteiger partial charge in [0.1, 0.15) is 5.78 Å². The third-order valence-electron chi connectivity index (χ3n) is 6.57. The van der Waals surface area contributed by atoms with Crippen LogP contribution >= 0.6 is 0 Å². The fraction of sp³-hybridized carbons (Fsp3) is 0.917. The van der Waals surface area contributed by atoms with Gasteiger partial charge in [0.15, 0.2) is 0 Å². The Hall–Kier alpha value is -0.940. The number of rotatable bonds is 12. The molecule has 2 aliphatic carbocycles. The normalized spacial score (nSPS) is 27.7. The maximum Gasteiger partial charge on any atom is 0.220 e. The largest absolute Gasteiger partial charge is 0.381 e. The minimum Gasteiger partial charge on any atom is -0.381 e. The molecule has 2 fully saturated rings. The molecule has 1 amide bonds. The van der Waals surface area contributed by atoms with Gasteiger partial charge in [0.2, 0.25) is 5.91 Å². The lowest BCUT2D eigenvalue weighted by molar-refractivity contribution is -0.124. The van der Waals surface area contributed by atoms with Crippen LogP contribution in [-0.4, -0.2) is 43.7 Å². The van der Waals surface area contributed by atoms with Gasteiger partial charge in [0, 0.05) is 46.0 Å². The van der Waals surface area contributed by atoms with Gasteiger partial charge in [-0.25, -0.2) is 0 Å². The van der Waals surface area contributed by atoms with Crippen LogP contribution in [0, 0.1) is 17.8 Å². The molecule has 170 valence electrons. The second-order valence-electron chi connectivity index (χ2n) is 9.38. The number of Topliss-reactive ketones (excluding diaryl/α,β-unsaturated/α-hetero) is 1. The Labute approximate surface area is 179 Å². The fourth-order valence-electron chi connectivity index (χ4n) is 4.63. The number of hydrogen-bond donors (Lipinski definition) is 1. The Balaban J connectivity index is 0.00000450. The molecule has 29 heavy (non-hydrogen) atoms. The molecule has 5 nitrogen and oxygen atoms in total. The van der Waals surface area contributed by atoms with Gasteiger partial charge in [-0.3, -0.25) is 9.59 Å². The summed E-state index contributed by atoms with van der Waals surface area (Å²) >= 11 is 0. The molecule has 0 atom stereocenters. The second-order valence-corrected chi connectivity index (χ2v) is 9.38. The van der Waals surface area contributed by atoms with Gasteiger partial charge in [-0.1, -0.05) is 6.92 Å². The zero-order valence-corrected chi connectivity index (χ0v) is 18.9. The number of amides is 1. The third kappa shape index (κ3) is 9.61. The predicted octanol–water partition coefficient (Wildman–Crippen LogP) is 4.91. The SMILES string of the molecule is CCC(=O)C1CCC(NC(=O)CCCOCC2CCC(COC(C)C)CC2)CC1.[HH]. The van der Waals surface area contributed by atoms with Crippen molar-refractivity contribution in [2.24, 2.45) is 17.8 Å². The van der Waals surface area contributed by atoms with E-state index in [9.17, 15) is 9.59 Å². The predicted molar refractivity (Wildman–Crippen MR) is 118 cm³/mol. The first-order valence-corrected chi connectivity index (χ1v) is 12.0. The number of carbonyl (C=O) groups excluding carboxylic acids is 2. The van der Waals surface area contributed by atoms with Gasteiger partial charge >= 0.3 is 0 Å². The molecule has 2 rings (SSSR count). The maximum absolute atomic E-state index is 12.1. The van der Waals surface area contributed by atoms with Crippen molar-refractivity contribution in [3.63, 3.8) is 0 Å². The summed E-state index contributed by atoms with van der Waals surface area (Å²) in [6.07, 6.45) is 11.0. The number of nitrogens with one attached hydrogen (secondary N) is 1. The van der Waals surface area contributed by atoms with E-state index in [0.717, 1.165) is 45.3 Å². The van der Waals surface area contributed by atoms with Crippen molar-refractivity contribution in [3.8, 4) is 0 Å². The van der Waals surface area contributed by atoms with Gasteiger partial charge in [-0.15, -0.1) is 0 Å². The Morgan fingerprint density at radius 2 is 1.59 bits per heavy atom. The van der Waals surface area contributed by atoms with E-state index < -0.39 is 0 Å². The number of ketones is 1. The second kappa shape index (κ2) is 13.4. The molecule has 2 aliphatic rings. The van der Waals surface area contributed by atoms with E-state index in [0.29, 0.717) is 43.2 Å². The van der Waals surface area contributed by atoms with Crippen molar-refractivity contribution in [1.82, 2.24) is 5.32 Å². The van der Waals surface area contributed by atoms with Crippen LogP contribution in [0.25, 0.3) is 0 Å². The number of hydrogen-bond acceptors (Lipinski definition) is 4. The summed E-state index contributed by atoms with van der Waals surface area (Å²) in [6.45, 7) is 8.53. The average Bonchev–Trinajstić information content (AvgIpc) is 2.72. The van der Waals surface area contributed by atoms with E-state index >= 15 is 0 Å². The van der Waals surface area contributed by atoms with Crippen LogP contribution in [0.15, 0.2) is 0 Å². The number of ether oxygens (including phenoxy) is 2. The highest BCUT2D eigenvalue weighted by Crippen LogP contribution is 2.29. The van der Waals surface area contributed by atoms with E-state index in [1.165, 1.54) is 25.7 Å². The molecular weight excluding hydrogens is 366 g/mol. The lowest BCUT2D eigenvalue weighted by atomic mass is 9.83. The van der Waals surface area contributed by atoms with Crippen LogP contribution in [-0.2, 0) is 19.1 Å². The Morgan fingerprint density at radius 3 is 2.17 bits per heavy atom. The highest BCUT2D eigenvalue weighted by Gasteiger charge is 2.26. The summed E-state index contributed by atoms with van der Waals surface area (Å²) < 4.78 is 11.6. The van der Waals surface area contributed by atoms with Crippen LogP contribution in [0.2, 0.25) is 0 Å².